The summed E-state index contributed by atoms with van der Waals surface area (Å²) in [6.45, 7) is 7.37. The molecule has 1 atom stereocenters. The number of nitrogens with zero attached hydrogens (tertiary/aromatic N) is 1. The quantitative estimate of drug-likeness (QED) is 0.887. The van der Waals surface area contributed by atoms with E-state index in [2.05, 4.69) is 43.2 Å². The van der Waals surface area contributed by atoms with Crippen molar-refractivity contribution in [1.29, 1.82) is 0 Å². The molecule has 0 aliphatic carbocycles. The molecular weight excluding hydrogens is 248 g/mol. The Balaban J connectivity index is 1.90. The fourth-order valence-corrected chi connectivity index (χ4v) is 3.36. The molecule has 2 nitrogen and oxygen atoms in total. The summed E-state index contributed by atoms with van der Waals surface area (Å²) in [5, 5.41) is 4.69. The Morgan fingerprint density at radius 1 is 1.35 bits per heavy atom. The van der Waals surface area contributed by atoms with Gasteiger partial charge in [0.05, 0.1) is 0 Å². The highest BCUT2D eigenvalue weighted by Gasteiger charge is 2.08. The molecule has 0 bridgehead atoms. The Hall–Kier alpha value is -0.710. The number of hydrogen-bond donors (Lipinski definition) is 1. The number of thiazole rings is 1. The molecule has 0 spiro atoms. The van der Waals surface area contributed by atoms with Gasteiger partial charge in [-0.25, -0.2) is 4.98 Å². The van der Waals surface area contributed by atoms with Crippen molar-refractivity contribution >= 4 is 22.7 Å². The SMILES string of the molecule is CCc1ccc(C(C)NCc2ncc(C)s2)s1. The second-order valence-electron chi connectivity index (χ2n) is 4.12. The summed E-state index contributed by atoms with van der Waals surface area (Å²) < 4.78 is 0. The van der Waals surface area contributed by atoms with Gasteiger partial charge in [0.25, 0.3) is 0 Å². The molecule has 1 N–H and O–H groups in total. The minimum Gasteiger partial charge on any atom is -0.303 e. The molecule has 17 heavy (non-hydrogen) atoms. The van der Waals surface area contributed by atoms with Crippen molar-refractivity contribution in [2.24, 2.45) is 0 Å². The van der Waals surface area contributed by atoms with E-state index in [0.29, 0.717) is 6.04 Å². The highest BCUT2D eigenvalue weighted by Crippen LogP contribution is 2.24. The zero-order valence-corrected chi connectivity index (χ0v) is 12.1. The number of aryl methyl sites for hydroxylation is 2. The third kappa shape index (κ3) is 3.37. The van der Waals surface area contributed by atoms with Crippen LogP contribution in [0.3, 0.4) is 0 Å². The van der Waals surface area contributed by atoms with Crippen LogP contribution in [-0.4, -0.2) is 4.98 Å². The Morgan fingerprint density at radius 2 is 2.18 bits per heavy atom. The maximum atomic E-state index is 4.36. The zero-order valence-electron chi connectivity index (χ0n) is 10.5. The van der Waals surface area contributed by atoms with Gasteiger partial charge in [-0.1, -0.05) is 6.92 Å². The van der Waals surface area contributed by atoms with Crippen molar-refractivity contribution < 1.29 is 0 Å². The van der Waals surface area contributed by atoms with Crippen molar-refractivity contribution in [3.05, 3.63) is 38.0 Å². The van der Waals surface area contributed by atoms with Crippen molar-refractivity contribution in [3.63, 3.8) is 0 Å². The molecular formula is C13H18N2S2. The molecule has 4 heteroatoms. The maximum Gasteiger partial charge on any atom is 0.107 e. The molecule has 2 aromatic rings. The van der Waals surface area contributed by atoms with Crippen LogP contribution < -0.4 is 5.32 Å². The molecule has 0 aromatic carbocycles. The van der Waals surface area contributed by atoms with E-state index >= 15 is 0 Å². The highest BCUT2D eigenvalue weighted by atomic mass is 32.1. The van der Waals surface area contributed by atoms with Crippen LogP contribution in [0.4, 0.5) is 0 Å². The summed E-state index contributed by atoms with van der Waals surface area (Å²) in [4.78, 5) is 8.51. The Kier molecular flexibility index (Phi) is 4.31. The van der Waals surface area contributed by atoms with Gasteiger partial charge in [-0.05, 0) is 32.4 Å². The Morgan fingerprint density at radius 3 is 2.76 bits per heavy atom. The molecule has 2 rings (SSSR count). The van der Waals surface area contributed by atoms with Gasteiger partial charge in [0, 0.05) is 33.4 Å². The van der Waals surface area contributed by atoms with E-state index in [4.69, 9.17) is 0 Å². The molecule has 0 radical (unpaired) electrons. The van der Waals surface area contributed by atoms with E-state index in [-0.39, 0.29) is 0 Å². The van der Waals surface area contributed by atoms with E-state index in [0.717, 1.165) is 13.0 Å². The molecule has 0 saturated heterocycles. The summed E-state index contributed by atoms with van der Waals surface area (Å²) in [5.74, 6) is 0. The minimum atomic E-state index is 0.407. The number of aromatic nitrogens is 1. The van der Waals surface area contributed by atoms with Gasteiger partial charge in [-0.2, -0.15) is 0 Å². The van der Waals surface area contributed by atoms with E-state index < -0.39 is 0 Å². The van der Waals surface area contributed by atoms with Gasteiger partial charge in [0.2, 0.25) is 0 Å². The monoisotopic (exact) mass is 266 g/mol. The first kappa shape index (κ1) is 12.7. The first-order chi connectivity index (χ1) is 8.19. The maximum absolute atomic E-state index is 4.36. The summed E-state index contributed by atoms with van der Waals surface area (Å²) >= 11 is 3.67. The van der Waals surface area contributed by atoms with Crippen LogP contribution in [0.2, 0.25) is 0 Å². The summed E-state index contributed by atoms with van der Waals surface area (Å²) in [7, 11) is 0. The van der Waals surface area contributed by atoms with Gasteiger partial charge in [0.1, 0.15) is 5.01 Å². The summed E-state index contributed by atoms with van der Waals surface area (Å²) in [6.07, 6.45) is 3.07. The molecule has 2 aromatic heterocycles. The van der Waals surface area contributed by atoms with Crippen LogP contribution >= 0.6 is 22.7 Å². The lowest BCUT2D eigenvalue weighted by Gasteiger charge is -2.10. The smallest absolute Gasteiger partial charge is 0.107 e. The predicted octanol–water partition coefficient (Wildman–Crippen LogP) is 3.93. The number of hydrogen-bond acceptors (Lipinski definition) is 4. The van der Waals surface area contributed by atoms with E-state index in [1.54, 1.807) is 11.3 Å². The van der Waals surface area contributed by atoms with Gasteiger partial charge < -0.3 is 5.32 Å². The second kappa shape index (κ2) is 5.76. The topological polar surface area (TPSA) is 24.9 Å². The van der Waals surface area contributed by atoms with Crippen LogP contribution in [0, 0.1) is 6.92 Å². The van der Waals surface area contributed by atoms with Gasteiger partial charge in [-0.3, -0.25) is 0 Å². The average Bonchev–Trinajstić information content (AvgIpc) is 2.94. The zero-order chi connectivity index (χ0) is 12.3. The van der Waals surface area contributed by atoms with Gasteiger partial charge >= 0.3 is 0 Å². The predicted molar refractivity (Wildman–Crippen MR) is 75.8 cm³/mol. The van der Waals surface area contributed by atoms with E-state index in [1.165, 1.54) is 19.6 Å². The normalized spacial score (nSPS) is 12.9. The molecule has 2 heterocycles. The lowest BCUT2D eigenvalue weighted by atomic mass is 10.2. The minimum absolute atomic E-state index is 0.407. The first-order valence-electron chi connectivity index (χ1n) is 5.92. The van der Waals surface area contributed by atoms with Crippen LogP contribution in [0.25, 0.3) is 0 Å². The second-order valence-corrected chi connectivity index (χ2v) is 6.64. The van der Waals surface area contributed by atoms with Gasteiger partial charge in [-0.15, -0.1) is 22.7 Å². The van der Waals surface area contributed by atoms with Gasteiger partial charge in [0.15, 0.2) is 0 Å². The summed E-state index contributed by atoms with van der Waals surface area (Å²) in [6, 6.07) is 4.87. The molecule has 0 aliphatic heterocycles. The lowest BCUT2D eigenvalue weighted by Crippen LogP contribution is -2.16. The van der Waals surface area contributed by atoms with E-state index in [9.17, 15) is 0 Å². The number of nitrogens with one attached hydrogen (secondary N) is 1. The van der Waals surface area contributed by atoms with Crippen molar-refractivity contribution in [2.45, 2.75) is 39.8 Å². The highest BCUT2D eigenvalue weighted by molar-refractivity contribution is 7.12. The average molecular weight is 266 g/mol. The molecule has 0 saturated carbocycles. The third-order valence-corrected chi connectivity index (χ3v) is 5.01. The van der Waals surface area contributed by atoms with Crippen molar-refractivity contribution in [1.82, 2.24) is 10.3 Å². The van der Waals surface area contributed by atoms with Crippen LogP contribution in [0.15, 0.2) is 18.3 Å². The molecule has 0 aliphatic rings. The van der Waals surface area contributed by atoms with Crippen LogP contribution in [0.5, 0.6) is 0 Å². The number of rotatable bonds is 5. The van der Waals surface area contributed by atoms with Crippen LogP contribution in [-0.2, 0) is 13.0 Å². The standard InChI is InChI=1S/C13H18N2S2/c1-4-11-5-6-12(17-11)10(3)14-8-13-15-7-9(2)16-13/h5-7,10,14H,4,8H2,1-3H3. The first-order valence-corrected chi connectivity index (χ1v) is 7.55. The fourth-order valence-electron chi connectivity index (χ4n) is 1.64. The Labute approximate surface area is 111 Å². The number of thiophene rings is 1. The van der Waals surface area contributed by atoms with Crippen molar-refractivity contribution in [2.75, 3.05) is 0 Å². The summed E-state index contributed by atoms with van der Waals surface area (Å²) in [5.41, 5.74) is 0. The lowest BCUT2D eigenvalue weighted by molar-refractivity contribution is 0.581. The molecule has 1 unspecified atom stereocenters. The van der Waals surface area contributed by atoms with E-state index in [1.807, 2.05) is 17.5 Å². The Bertz CT molecular complexity index is 473. The molecule has 0 amide bonds. The third-order valence-electron chi connectivity index (χ3n) is 2.69. The molecule has 92 valence electrons. The van der Waals surface area contributed by atoms with Crippen molar-refractivity contribution in [3.8, 4) is 0 Å². The largest absolute Gasteiger partial charge is 0.303 e. The van der Waals surface area contributed by atoms with Crippen LogP contribution in [0.1, 0.15) is 39.5 Å². The fraction of sp³-hybridized carbons (Fsp3) is 0.462. The molecule has 0 fully saturated rings.